The van der Waals surface area contributed by atoms with Crippen molar-refractivity contribution in [2.75, 3.05) is 0 Å². The Morgan fingerprint density at radius 1 is 1.09 bits per heavy atom. The van der Waals surface area contributed by atoms with Crippen molar-refractivity contribution < 1.29 is 23.5 Å². The van der Waals surface area contributed by atoms with Crippen LogP contribution in [0, 0.1) is 5.82 Å². The third-order valence-electron chi connectivity index (χ3n) is 5.46. The largest absolute Gasteiger partial charge is 0.503 e. The number of benzene rings is 2. The number of aliphatic hydroxyl groups is 1. The first-order valence-corrected chi connectivity index (χ1v) is 9.94. The number of hydrogen-bond donors (Lipinski definition) is 1. The van der Waals surface area contributed by atoms with Gasteiger partial charge >= 0.3 is 0 Å². The molecule has 1 unspecified atom stereocenters. The Morgan fingerprint density at radius 3 is 2.59 bits per heavy atom. The molecular formula is C25H17FN2O4. The molecule has 32 heavy (non-hydrogen) atoms. The summed E-state index contributed by atoms with van der Waals surface area (Å²) in [7, 11) is 0. The first-order chi connectivity index (χ1) is 15.5. The van der Waals surface area contributed by atoms with Gasteiger partial charge in [0.05, 0.1) is 11.6 Å². The van der Waals surface area contributed by atoms with Crippen molar-refractivity contribution in [1.82, 2.24) is 9.88 Å². The Hall–Kier alpha value is -4.26. The maximum absolute atomic E-state index is 13.4. The van der Waals surface area contributed by atoms with Crippen LogP contribution in [0.4, 0.5) is 4.39 Å². The maximum atomic E-state index is 13.4. The molecule has 4 aromatic rings. The van der Waals surface area contributed by atoms with Crippen LogP contribution < -0.4 is 0 Å². The van der Waals surface area contributed by atoms with Gasteiger partial charge in [-0.2, -0.15) is 0 Å². The number of carbonyl (C=O) groups is 2. The molecule has 1 amide bonds. The number of furan rings is 1. The Balaban J connectivity index is 1.58. The third-order valence-corrected chi connectivity index (χ3v) is 5.46. The lowest BCUT2D eigenvalue weighted by molar-refractivity contribution is -0.130. The summed E-state index contributed by atoms with van der Waals surface area (Å²) in [6.07, 6.45) is 3.12. The standard InChI is InChI=1S/C25H17FN2O4/c26-18-9-7-15(8-10-18)14-28-22(17-5-3-11-27-13-17)21(24(30)25(28)31)23(29)20-12-16-4-1-2-6-19(16)32-20/h1-13,22,30H,14H2. The molecule has 0 aliphatic carbocycles. The first-order valence-electron chi connectivity index (χ1n) is 9.94. The lowest BCUT2D eigenvalue weighted by Crippen LogP contribution is -2.30. The van der Waals surface area contributed by atoms with E-state index in [0.717, 1.165) is 5.39 Å². The second kappa shape index (κ2) is 7.77. The number of Topliss-reactive ketones (excluding diaryl/α,β-unsaturated/α-hetero) is 1. The fraction of sp³-hybridized carbons (Fsp3) is 0.0800. The number of nitrogens with zero attached hydrogens (tertiary/aromatic N) is 2. The number of hydrogen-bond acceptors (Lipinski definition) is 5. The Kier molecular flexibility index (Phi) is 4.78. The van der Waals surface area contributed by atoms with E-state index in [4.69, 9.17) is 4.42 Å². The smallest absolute Gasteiger partial charge is 0.290 e. The molecule has 1 aliphatic rings. The molecule has 158 valence electrons. The highest BCUT2D eigenvalue weighted by molar-refractivity contribution is 6.15. The summed E-state index contributed by atoms with van der Waals surface area (Å²) in [5.74, 6) is -2.28. The van der Waals surface area contributed by atoms with Gasteiger partial charge in [0.25, 0.3) is 5.91 Å². The van der Waals surface area contributed by atoms with Gasteiger partial charge in [0.2, 0.25) is 5.78 Å². The van der Waals surface area contributed by atoms with E-state index in [-0.39, 0.29) is 17.9 Å². The molecule has 3 heterocycles. The SMILES string of the molecule is O=C(C1=C(O)C(=O)N(Cc2ccc(F)cc2)C1c1cccnc1)c1cc2ccccc2o1. The van der Waals surface area contributed by atoms with Gasteiger partial charge in [-0.25, -0.2) is 4.39 Å². The van der Waals surface area contributed by atoms with Crippen molar-refractivity contribution in [3.63, 3.8) is 0 Å². The third kappa shape index (κ3) is 3.33. The van der Waals surface area contributed by atoms with Crippen LogP contribution in [0.2, 0.25) is 0 Å². The van der Waals surface area contributed by atoms with Gasteiger partial charge in [0, 0.05) is 24.3 Å². The second-order valence-electron chi connectivity index (χ2n) is 7.49. The van der Waals surface area contributed by atoms with E-state index < -0.39 is 29.3 Å². The number of ketones is 1. The van der Waals surface area contributed by atoms with Crippen molar-refractivity contribution in [2.45, 2.75) is 12.6 Å². The number of aliphatic hydroxyl groups excluding tert-OH is 1. The highest BCUT2D eigenvalue weighted by atomic mass is 19.1. The Labute approximate surface area is 182 Å². The number of rotatable bonds is 5. The van der Waals surface area contributed by atoms with Gasteiger partial charge in [-0.15, -0.1) is 0 Å². The normalized spacial score (nSPS) is 16.2. The molecule has 1 aliphatic heterocycles. The molecule has 2 aromatic heterocycles. The summed E-state index contributed by atoms with van der Waals surface area (Å²) in [6.45, 7) is 0.0691. The van der Waals surface area contributed by atoms with Crippen LogP contribution in [0.15, 0.2) is 94.9 Å². The van der Waals surface area contributed by atoms with Gasteiger partial charge in [0.15, 0.2) is 11.5 Å². The lowest BCUT2D eigenvalue weighted by atomic mass is 9.96. The van der Waals surface area contributed by atoms with Crippen LogP contribution in [0.3, 0.4) is 0 Å². The van der Waals surface area contributed by atoms with Crippen molar-refractivity contribution in [1.29, 1.82) is 0 Å². The molecule has 5 rings (SSSR count). The van der Waals surface area contributed by atoms with Gasteiger partial charge in [-0.3, -0.25) is 14.6 Å². The fourth-order valence-corrected chi connectivity index (χ4v) is 3.95. The lowest BCUT2D eigenvalue weighted by Gasteiger charge is -2.26. The number of fused-ring (bicyclic) bond motifs is 1. The minimum atomic E-state index is -0.873. The van der Waals surface area contributed by atoms with E-state index in [2.05, 4.69) is 4.98 Å². The van der Waals surface area contributed by atoms with Crippen molar-refractivity contribution >= 4 is 22.7 Å². The Bertz CT molecular complexity index is 1330. The predicted octanol–water partition coefficient (Wildman–Crippen LogP) is 4.75. The predicted molar refractivity (Wildman–Crippen MR) is 114 cm³/mol. The zero-order valence-corrected chi connectivity index (χ0v) is 16.7. The molecule has 6 nitrogen and oxygen atoms in total. The van der Waals surface area contributed by atoms with Crippen LogP contribution in [0.5, 0.6) is 0 Å². The molecule has 0 radical (unpaired) electrons. The van der Waals surface area contributed by atoms with Crippen LogP contribution >= 0.6 is 0 Å². The summed E-state index contributed by atoms with van der Waals surface area (Å²) in [5.41, 5.74) is 1.66. The molecule has 1 N–H and O–H groups in total. The van der Waals surface area contributed by atoms with Crippen molar-refractivity contribution in [2.24, 2.45) is 0 Å². The van der Waals surface area contributed by atoms with E-state index in [1.807, 2.05) is 12.1 Å². The molecule has 0 fully saturated rings. The fourth-order valence-electron chi connectivity index (χ4n) is 3.95. The molecule has 0 saturated heterocycles. The van der Waals surface area contributed by atoms with Crippen LogP contribution in [0.1, 0.15) is 27.7 Å². The topological polar surface area (TPSA) is 83.6 Å². The first kappa shape index (κ1) is 19.7. The number of para-hydroxylation sites is 1. The van der Waals surface area contributed by atoms with Gasteiger partial charge in [0.1, 0.15) is 11.4 Å². The summed E-state index contributed by atoms with van der Waals surface area (Å²) < 4.78 is 19.0. The minimum absolute atomic E-state index is 0.0260. The molecule has 1 atom stereocenters. The van der Waals surface area contributed by atoms with Gasteiger partial charge < -0.3 is 14.4 Å². The van der Waals surface area contributed by atoms with Crippen LogP contribution in [-0.4, -0.2) is 26.7 Å². The summed E-state index contributed by atoms with van der Waals surface area (Å²) in [4.78, 5) is 31.9. The molecule has 0 spiro atoms. The molecular weight excluding hydrogens is 411 g/mol. The number of amides is 1. The van der Waals surface area contributed by atoms with Crippen molar-refractivity contribution in [3.05, 3.63) is 113 Å². The van der Waals surface area contributed by atoms with Crippen molar-refractivity contribution in [3.8, 4) is 0 Å². The highest BCUT2D eigenvalue weighted by Gasteiger charge is 2.44. The monoisotopic (exact) mass is 428 g/mol. The molecule has 0 bridgehead atoms. The average Bonchev–Trinajstić information content (AvgIpc) is 3.35. The zero-order valence-electron chi connectivity index (χ0n) is 16.7. The van der Waals surface area contributed by atoms with E-state index in [1.165, 1.54) is 17.0 Å². The Morgan fingerprint density at radius 2 is 1.88 bits per heavy atom. The zero-order chi connectivity index (χ0) is 22.2. The molecule has 2 aromatic carbocycles. The minimum Gasteiger partial charge on any atom is -0.503 e. The van der Waals surface area contributed by atoms with E-state index in [1.54, 1.807) is 54.9 Å². The number of halogens is 1. The number of aromatic nitrogens is 1. The molecule has 7 heteroatoms. The summed E-state index contributed by atoms with van der Waals surface area (Å²) in [5, 5.41) is 11.5. The van der Waals surface area contributed by atoms with Gasteiger partial charge in [-0.05, 0) is 41.5 Å². The van der Waals surface area contributed by atoms with Crippen LogP contribution in [-0.2, 0) is 11.3 Å². The van der Waals surface area contributed by atoms with E-state index in [0.29, 0.717) is 16.7 Å². The van der Waals surface area contributed by atoms with E-state index >= 15 is 0 Å². The summed E-state index contributed by atoms with van der Waals surface area (Å²) >= 11 is 0. The number of pyridine rings is 1. The maximum Gasteiger partial charge on any atom is 0.290 e. The highest BCUT2D eigenvalue weighted by Crippen LogP contribution is 2.40. The number of carbonyl (C=O) groups excluding carboxylic acids is 2. The quantitative estimate of drug-likeness (QED) is 0.464. The average molecular weight is 428 g/mol. The van der Waals surface area contributed by atoms with Gasteiger partial charge in [-0.1, -0.05) is 36.4 Å². The second-order valence-corrected chi connectivity index (χ2v) is 7.49. The molecule has 0 saturated carbocycles. The van der Waals surface area contributed by atoms with Crippen LogP contribution in [0.25, 0.3) is 11.0 Å². The summed E-state index contributed by atoms with van der Waals surface area (Å²) in [6, 6.07) is 17.0. The van der Waals surface area contributed by atoms with E-state index in [9.17, 15) is 19.1 Å².